The van der Waals surface area contributed by atoms with Crippen molar-refractivity contribution in [2.75, 3.05) is 0 Å². The molecule has 3 nitrogen and oxygen atoms in total. The molecule has 0 aliphatic carbocycles. The summed E-state index contributed by atoms with van der Waals surface area (Å²) in [6, 6.07) is 0. The fraction of sp³-hybridized carbons (Fsp3) is 0.923. The molecule has 0 bridgehead atoms. The van der Waals surface area contributed by atoms with Crippen LogP contribution in [-0.2, 0) is 25.9 Å². The summed E-state index contributed by atoms with van der Waals surface area (Å²) in [5, 5.41) is 0. The standard InChI is InChI=1S/C52H100N2OS/c1-5-9-13-17-21-25-29-33-37-41-45-49-50(46-42-38-34-30-26-22-18-14-10-6-2)53(47-43-39-35-31-27-23-19-15-11-7-3)52(56)54(51(49)55)48-44-40-36-32-28-24-20-16-12-8-4/h5-48H2,1-4H3. The minimum Gasteiger partial charge on any atom is -0.322 e. The van der Waals surface area contributed by atoms with Crippen molar-refractivity contribution in [1.29, 1.82) is 0 Å². The summed E-state index contributed by atoms with van der Waals surface area (Å²) in [7, 11) is 0. The number of hydrogen-bond donors (Lipinski definition) is 0. The van der Waals surface area contributed by atoms with Crippen LogP contribution < -0.4 is 5.56 Å². The molecule has 0 aliphatic heterocycles. The largest absolute Gasteiger partial charge is 0.322 e. The van der Waals surface area contributed by atoms with Gasteiger partial charge < -0.3 is 4.57 Å². The fourth-order valence-corrected chi connectivity index (χ4v) is 9.22. The maximum Gasteiger partial charge on any atom is 0.257 e. The van der Waals surface area contributed by atoms with Gasteiger partial charge in [0.25, 0.3) is 5.56 Å². The fourth-order valence-electron chi connectivity index (χ4n) is 8.85. The second kappa shape index (κ2) is 40.9. The van der Waals surface area contributed by atoms with Crippen LogP contribution >= 0.6 is 12.2 Å². The van der Waals surface area contributed by atoms with Crippen LogP contribution in [0.1, 0.15) is 296 Å². The van der Waals surface area contributed by atoms with Gasteiger partial charge in [0.2, 0.25) is 0 Å². The van der Waals surface area contributed by atoms with Crippen molar-refractivity contribution in [3.05, 3.63) is 26.4 Å². The summed E-state index contributed by atoms with van der Waals surface area (Å²) in [5.41, 5.74) is 2.72. The average Bonchev–Trinajstić information content (AvgIpc) is 3.20. The average molecular weight is 801 g/mol. The second-order valence-corrected chi connectivity index (χ2v) is 18.4. The minimum absolute atomic E-state index is 0.267. The van der Waals surface area contributed by atoms with Gasteiger partial charge in [-0.2, -0.15) is 0 Å². The molecule has 330 valence electrons. The molecule has 0 saturated heterocycles. The van der Waals surface area contributed by atoms with E-state index in [2.05, 4.69) is 36.8 Å². The summed E-state index contributed by atoms with van der Waals surface area (Å²) in [4.78, 5) is 14.5. The summed E-state index contributed by atoms with van der Waals surface area (Å²) >= 11 is 6.29. The first-order chi connectivity index (χ1) is 27.6. The van der Waals surface area contributed by atoms with Gasteiger partial charge in [-0.25, -0.2) is 0 Å². The Morgan fingerprint density at radius 3 is 0.893 bits per heavy atom. The Kier molecular flexibility index (Phi) is 38.8. The maximum absolute atomic E-state index is 14.5. The molecule has 0 spiro atoms. The van der Waals surface area contributed by atoms with E-state index in [-0.39, 0.29) is 5.56 Å². The molecular formula is C52H100N2OS. The number of rotatable bonds is 44. The minimum atomic E-state index is 0.267. The zero-order valence-corrected chi connectivity index (χ0v) is 39.6. The van der Waals surface area contributed by atoms with Gasteiger partial charge in [0.05, 0.1) is 0 Å². The molecule has 0 fully saturated rings. The quantitative estimate of drug-likeness (QED) is 0.0485. The van der Waals surface area contributed by atoms with E-state index in [1.165, 1.54) is 250 Å². The van der Waals surface area contributed by atoms with Crippen molar-refractivity contribution in [1.82, 2.24) is 9.13 Å². The molecule has 1 rings (SSSR count). The van der Waals surface area contributed by atoms with Crippen molar-refractivity contribution >= 4 is 12.2 Å². The van der Waals surface area contributed by atoms with Gasteiger partial charge in [-0.1, -0.05) is 259 Å². The van der Waals surface area contributed by atoms with Crippen molar-refractivity contribution in [3.8, 4) is 0 Å². The van der Waals surface area contributed by atoms with Gasteiger partial charge in [-0.05, 0) is 50.7 Å². The van der Waals surface area contributed by atoms with Gasteiger partial charge in [-0.15, -0.1) is 0 Å². The molecular weight excluding hydrogens is 701 g/mol. The van der Waals surface area contributed by atoms with E-state index in [9.17, 15) is 4.79 Å². The normalized spacial score (nSPS) is 11.6. The Balaban J connectivity index is 2.99. The highest BCUT2D eigenvalue weighted by Gasteiger charge is 2.17. The van der Waals surface area contributed by atoms with E-state index >= 15 is 0 Å². The first-order valence-electron chi connectivity index (χ1n) is 26.0. The van der Waals surface area contributed by atoms with Crippen LogP contribution in [0.25, 0.3) is 0 Å². The summed E-state index contributed by atoms with van der Waals surface area (Å²) in [5.74, 6) is 0. The van der Waals surface area contributed by atoms with Crippen LogP contribution in [0.2, 0.25) is 0 Å². The van der Waals surface area contributed by atoms with Crippen LogP contribution in [-0.4, -0.2) is 9.13 Å². The Morgan fingerprint density at radius 1 is 0.321 bits per heavy atom. The molecule has 1 aromatic rings. The van der Waals surface area contributed by atoms with Gasteiger partial charge in [-0.3, -0.25) is 9.36 Å². The predicted octanol–water partition coefficient (Wildman–Crippen LogP) is 18.1. The molecule has 0 aliphatic rings. The smallest absolute Gasteiger partial charge is 0.257 e. The number of nitrogens with zero attached hydrogens (tertiary/aromatic N) is 2. The molecule has 0 saturated carbocycles. The number of aromatic nitrogens is 2. The molecule has 0 amide bonds. The van der Waals surface area contributed by atoms with Crippen LogP contribution in [0.4, 0.5) is 0 Å². The first-order valence-corrected chi connectivity index (χ1v) is 26.4. The lowest BCUT2D eigenvalue weighted by Crippen LogP contribution is -2.32. The molecule has 56 heavy (non-hydrogen) atoms. The van der Waals surface area contributed by atoms with Crippen molar-refractivity contribution in [2.45, 2.75) is 310 Å². The highest BCUT2D eigenvalue weighted by Crippen LogP contribution is 2.20. The zero-order valence-electron chi connectivity index (χ0n) is 38.8. The van der Waals surface area contributed by atoms with Gasteiger partial charge >= 0.3 is 0 Å². The molecule has 0 aromatic carbocycles. The third kappa shape index (κ3) is 28.5. The molecule has 0 unspecified atom stereocenters. The van der Waals surface area contributed by atoms with E-state index in [0.29, 0.717) is 0 Å². The third-order valence-corrected chi connectivity index (χ3v) is 13.1. The molecule has 4 heteroatoms. The SMILES string of the molecule is CCCCCCCCCCCCc1c(CCCCCCCCCCCC)n(CCCCCCCCCCCC)c(=S)n(CCCCCCCCCCCC)c1=O. The molecule has 0 radical (unpaired) electrons. The van der Waals surface area contributed by atoms with E-state index in [1.807, 2.05) is 0 Å². The van der Waals surface area contributed by atoms with Crippen molar-refractivity contribution in [3.63, 3.8) is 0 Å². The second-order valence-electron chi connectivity index (χ2n) is 18.0. The highest BCUT2D eigenvalue weighted by molar-refractivity contribution is 7.71. The van der Waals surface area contributed by atoms with Gasteiger partial charge in [0.1, 0.15) is 0 Å². The Labute approximate surface area is 356 Å². The van der Waals surface area contributed by atoms with Gasteiger partial charge in [0, 0.05) is 24.3 Å². The molecule has 1 aromatic heterocycles. The Morgan fingerprint density at radius 2 is 0.571 bits per heavy atom. The lowest BCUT2D eigenvalue weighted by atomic mass is 9.99. The van der Waals surface area contributed by atoms with Crippen LogP contribution in [0, 0.1) is 4.77 Å². The highest BCUT2D eigenvalue weighted by atomic mass is 32.1. The summed E-state index contributed by atoms with van der Waals surface area (Å²) in [6.07, 6.45) is 55.5. The van der Waals surface area contributed by atoms with E-state index in [4.69, 9.17) is 12.2 Å². The van der Waals surface area contributed by atoms with E-state index in [0.717, 1.165) is 49.1 Å². The van der Waals surface area contributed by atoms with E-state index in [1.54, 1.807) is 0 Å². The Bertz CT molecular complexity index is 1030. The Hall–Kier alpha value is -0.900. The van der Waals surface area contributed by atoms with Gasteiger partial charge in [0.15, 0.2) is 4.77 Å². The topological polar surface area (TPSA) is 26.9 Å². The molecule has 0 N–H and O–H groups in total. The monoisotopic (exact) mass is 801 g/mol. The predicted molar refractivity (Wildman–Crippen MR) is 254 cm³/mol. The van der Waals surface area contributed by atoms with E-state index < -0.39 is 0 Å². The first kappa shape index (κ1) is 53.1. The van der Waals surface area contributed by atoms with Crippen LogP contribution in [0.3, 0.4) is 0 Å². The van der Waals surface area contributed by atoms with Crippen molar-refractivity contribution < 1.29 is 0 Å². The van der Waals surface area contributed by atoms with Crippen LogP contribution in [0.15, 0.2) is 4.79 Å². The lowest BCUT2D eigenvalue weighted by molar-refractivity contribution is 0.473. The maximum atomic E-state index is 14.5. The van der Waals surface area contributed by atoms with Crippen molar-refractivity contribution in [2.24, 2.45) is 0 Å². The summed E-state index contributed by atoms with van der Waals surface area (Å²) in [6.45, 7) is 11.0. The third-order valence-electron chi connectivity index (χ3n) is 12.7. The molecule has 1 heterocycles. The lowest BCUT2D eigenvalue weighted by Gasteiger charge is -2.22. The zero-order chi connectivity index (χ0) is 40.6. The molecule has 0 atom stereocenters. The summed E-state index contributed by atoms with van der Waals surface area (Å²) < 4.78 is 5.39. The number of hydrogen-bond acceptors (Lipinski definition) is 2. The van der Waals surface area contributed by atoms with Crippen LogP contribution in [0.5, 0.6) is 0 Å². The number of unbranched alkanes of at least 4 members (excludes halogenated alkanes) is 36.